The van der Waals surface area contributed by atoms with E-state index in [1.165, 1.54) is 31.1 Å². The van der Waals surface area contributed by atoms with Crippen molar-refractivity contribution in [1.29, 1.82) is 0 Å². The number of rotatable bonds is 7. The van der Waals surface area contributed by atoms with Crippen molar-refractivity contribution in [2.75, 3.05) is 67.0 Å². The van der Waals surface area contributed by atoms with Gasteiger partial charge >= 0.3 is 0 Å². The average molecular weight is 352 g/mol. The second kappa shape index (κ2) is 10.0. The normalized spacial score (nSPS) is 18.6. The third-order valence-corrected chi connectivity index (χ3v) is 5.56. The summed E-state index contributed by atoms with van der Waals surface area (Å²) in [5.41, 5.74) is 0. The Kier molecular flexibility index (Phi) is 8.02. The minimum Gasteiger partial charge on any atom is -0.356 e. The summed E-state index contributed by atoms with van der Waals surface area (Å²) in [5.74, 6) is 1.62. The molecule has 1 N–H and O–H groups in total. The van der Waals surface area contributed by atoms with Crippen molar-refractivity contribution in [1.82, 2.24) is 20.0 Å². The fourth-order valence-corrected chi connectivity index (χ4v) is 3.72. The summed E-state index contributed by atoms with van der Waals surface area (Å²) in [5, 5.41) is 5.68. The van der Waals surface area contributed by atoms with Gasteiger partial charge in [-0.25, -0.2) is 0 Å². The molecule has 1 aliphatic heterocycles. The molecule has 0 spiro atoms. The van der Waals surface area contributed by atoms with E-state index in [0.29, 0.717) is 5.92 Å². The summed E-state index contributed by atoms with van der Waals surface area (Å²) in [6, 6.07) is 4.32. The van der Waals surface area contributed by atoms with Gasteiger partial charge in [-0.15, -0.1) is 11.3 Å². The zero-order valence-corrected chi connectivity index (χ0v) is 16.5. The first-order chi connectivity index (χ1) is 11.6. The lowest BCUT2D eigenvalue weighted by molar-refractivity contribution is 0.139. The maximum absolute atomic E-state index is 4.43. The Labute approximate surface area is 151 Å². The Balaban J connectivity index is 1.68. The molecule has 5 nitrogen and oxygen atoms in total. The molecule has 24 heavy (non-hydrogen) atoms. The van der Waals surface area contributed by atoms with Gasteiger partial charge in [-0.1, -0.05) is 13.0 Å². The van der Waals surface area contributed by atoms with Crippen molar-refractivity contribution in [3.8, 4) is 0 Å². The lowest BCUT2D eigenvalue weighted by Crippen LogP contribution is -2.47. The molecule has 0 aromatic carbocycles. The van der Waals surface area contributed by atoms with Gasteiger partial charge in [0.05, 0.1) is 0 Å². The molecule has 6 heteroatoms. The van der Waals surface area contributed by atoms with Crippen LogP contribution in [0.1, 0.15) is 11.8 Å². The van der Waals surface area contributed by atoms with Crippen molar-refractivity contribution in [3.05, 3.63) is 22.4 Å². The number of hydrogen-bond acceptors (Lipinski definition) is 4. The largest absolute Gasteiger partial charge is 0.356 e. The number of nitrogens with one attached hydrogen (secondary N) is 1. The van der Waals surface area contributed by atoms with E-state index >= 15 is 0 Å². The molecule has 0 bridgehead atoms. The molecule has 1 unspecified atom stereocenters. The molecular formula is C18H33N5S. The van der Waals surface area contributed by atoms with Gasteiger partial charge in [-0.2, -0.15) is 0 Å². The molecule has 0 radical (unpaired) electrons. The highest BCUT2D eigenvalue weighted by Gasteiger charge is 2.16. The van der Waals surface area contributed by atoms with Crippen LogP contribution in [0, 0.1) is 5.92 Å². The number of thiophene rings is 1. The first-order valence-corrected chi connectivity index (χ1v) is 9.81. The molecule has 0 amide bonds. The van der Waals surface area contributed by atoms with Gasteiger partial charge in [0, 0.05) is 64.8 Å². The Morgan fingerprint density at radius 2 is 2.12 bits per heavy atom. The first kappa shape index (κ1) is 19.2. The standard InChI is InChI=1S/C18H33N5S/c1-16(15-23-11-9-21(3)10-12-23)14-20-18(19-2)22(4)8-7-17-6-5-13-24-17/h5-6,13,16H,7-12,14-15H2,1-4H3,(H,19,20). The van der Waals surface area contributed by atoms with Crippen molar-refractivity contribution >= 4 is 17.3 Å². The van der Waals surface area contributed by atoms with Crippen LogP contribution in [0.4, 0.5) is 0 Å². The molecule has 0 saturated carbocycles. The number of nitrogens with zero attached hydrogens (tertiary/aromatic N) is 4. The molecule has 1 aromatic heterocycles. The lowest BCUT2D eigenvalue weighted by atomic mass is 10.1. The predicted octanol–water partition coefficient (Wildman–Crippen LogP) is 1.68. The van der Waals surface area contributed by atoms with E-state index in [-0.39, 0.29) is 0 Å². The minimum atomic E-state index is 0.621. The number of likely N-dealkylation sites (N-methyl/N-ethyl adjacent to an activating group) is 2. The Hall–Kier alpha value is -1.11. The van der Waals surface area contributed by atoms with Crippen LogP contribution in [0.25, 0.3) is 0 Å². The van der Waals surface area contributed by atoms with Crippen molar-refractivity contribution in [3.63, 3.8) is 0 Å². The fraction of sp³-hybridized carbons (Fsp3) is 0.722. The van der Waals surface area contributed by atoms with Crippen molar-refractivity contribution in [2.45, 2.75) is 13.3 Å². The monoisotopic (exact) mass is 351 g/mol. The van der Waals surface area contributed by atoms with Crippen LogP contribution < -0.4 is 5.32 Å². The van der Waals surface area contributed by atoms with E-state index < -0.39 is 0 Å². The predicted molar refractivity (Wildman–Crippen MR) is 105 cm³/mol. The van der Waals surface area contributed by atoms with Crippen LogP contribution in [0.2, 0.25) is 0 Å². The van der Waals surface area contributed by atoms with Gasteiger partial charge in [-0.3, -0.25) is 4.99 Å². The number of guanidine groups is 1. The number of hydrogen-bond donors (Lipinski definition) is 1. The van der Waals surface area contributed by atoms with E-state index in [9.17, 15) is 0 Å². The van der Waals surface area contributed by atoms with Crippen LogP contribution in [0.15, 0.2) is 22.5 Å². The maximum Gasteiger partial charge on any atom is 0.193 e. The SMILES string of the molecule is CN=C(NCC(C)CN1CCN(C)CC1)N(C)CCc1cccs1. The smallest absolute Gasteiger partial charge is 0.193 e. The third kappa shape index (κ3) is 6.42. The summed E-state index contributed by atoms with van der Waals surface area (Å²) in [4.78, 5) is 13.1. The molecular weight excluding hydrogens is 318 g/mol. The Morgan fingerprint density at radius 3 is 2.75 bits per heavy atom. The Bertz CT molecular complexity index is 480. The molecule has 1 fully saturated rings. The molecule has 1 aliphatic rings. The molecule has 136 valence electrons. The topological polar surface area (TPSA) is 34.1 Å². The summed E-state index contributed by atoms with van der Waals surface area (Å²) in [7, 11) is 6.20. The molecule has 1 atom stereocenters. The first-order valence-electron chi connectivity index (χ1n) is 8.93. The highest BCUT2D eigenvalue weighted by Crippen LogP contribution is 2.09. The maximum atomic E-state index is 4.43. The van der Waals surface area contributed by atoms with Gasteiger partial charge in [0.25, 0.3) is 0 Å². The minimum absolute atomic E-state index is 0.621. The highest BCUT2D eigenvalue weighted by molar-refractivity contribution is 7.09. The third-order valence-electron chi connectivity index (χ3n) is 4.62. The van der Waals surface area contributed by atoms with Crippen LogP contribution in [0.3, 0.4) is 0 Å². The van der Waals surface area contributed by atoms with Gasteiger partial charge in [0.1, 0.15) is 0 Å². The van der Waals surface area contributed by atoms with E-state index in [1.807, 2.05) is 18.4 Å². The van der Waals surface area contributed by atoms with Crippen LogP contribution in [0.5, 0.6) is 0 Å². The molecule has 2 rings (SSSR count). The van der Waals surface area contributed by atoms with Crippen molar-refractivity contribution < 1.29 is 0 Å². The van der Waals surface area contributed by atoms with E-state index in [1.54, 1.807) is 0 Å². The lowest BCUT2D eigenvalue weighted by Gasteiger charge is -2.34. The van der Waals surface area contributed by atoms with E-state index in [0.717, 1.165) is 32.0 Å². The summed E-state index contributed by atoms with van der Waals surface area (Å²) < 4.78 is 0. The fourth-order valence-electron chi connectivity index (χ4n) is 3.02. The molecule has 1 saturated heterocycles. The molecule has 0 aliphatic carbocycles. The Morgan fingerprint density at radius 1 is 1.38 bits per heavy atom. The van der Waals surface area contributed by atoms with Crippen LogP contribution >= 0.6 is 11.3 Å². The van der Waals surface area contributed by atoms with Gasteiger partial charge < -0.3 is 20.0 Å². The second-order valence-corrected chi connectivity index (χ2v) is 7.92. The summed E-state index contributed by atoms with van der Waals surface area (Å²) in [6.45, 7) is 10.2. The van der Waals surface area contributed by atoms with Gasteiger partial charge in [0.2, 0.25) is 0 Å². The highest BCUT2D eigenvalue weighted by atomic mass is 32.1. The van der Waals surface area contributed by atoms with E-state index in [4.69, 9.17) is 0 Å². The zero-order valence-electron chi connectivity index (χ0n) is 15.7. The average Bonchev–Trinajstić information content (AvgIpc) is 3.09. The number of piperazine rings is 1. The molecule has 2 heterocycles. The molecule has 1 aromatic rings. The summed E-state index contributed by atoms with van der Waals surface area (Å²) >= 11 is 1.83. The number of aliphatic imine (C=N–C) groups is 1. The summed E-state index contributed by atoms with van der Waals surface area (Å²) in [6.07, 6.45) is 1.08. The quantitative estimate of drug-likeness (QED) is 0.599. The van der Waals surface area contributed by atoms with Crippen LogP contribution in [-0.2, 0) is 6.42 Å². The van der Waals surface area contributed by atoms with Crippen LogP contribution in [-0.4, -0.2) is 87.6 Å². The van der Waals surface area contributed by atoms with E-state index in [2.05, 4.69) is 63.5 Å². The van der Waals surface area contributed by atoms with Crippen molar-refractivity contribution in [2.24, 2.45) is 10.9 Å². The zero-order chi connectivity index (χ0) is 17.4. The van der Waals surface area contributed by atoms with Gasteiger partial charge in [-0.05, 0) is 30.8 Å². The van der Waals surface area contributed by atoms with Gasteiger partial charge in [0.15, 0.2) is 5.96 Å². The second-order valence-electron chi connectivity index (χ2n) is 6.89.